The van der Waals surface area contributed by atoms with Crippen LogP contribution in [0.1, 0.15) is 168 Å². The summed E-state index contributed by atoms with van der Waals surface area (Å²) in [6, 6.07) is 0. The van der Waals surface area contributed by atoms with Crippen molar-refractivity contribution in [2.75, 3.05) is 33.0 Å². The number of esters is 1. The van der Waals surface area contributed by atoms with E-state index in [4.69, 9.17) is 28.4 Å². The van der Waals surface area contributed by atoms with Crippen LogP contribution in [-0.4, -0.2) is 142 Å². The van der Waals surface area contributed by atoms with Crippen LogP contribution in [0, 0.1) is 0 Å². The summed E-state index contributed by atoms with van der Waals surface area (Å²) in [5.41, 5.74) is 0. The van der Waals surface area contributed by atoms with Crippen molar-refractivity contribution in [2.45, 2.75) is 235 Å². The van der Waals surface area contributed by atoms with Gasteiger partial charge in [0.1, 0.15) is 54.9 Å². The second-order valence-corrected chi connectivity index (χ2v) is 18.7. The van der Waals surface area contributed by atoms with Crippen LogP contribution in [0.15, 0.2) is 85.1 Å². The minimum absolute atomic E-state index is 0.0155. The molecule has 14 nitrogen and oxygen atoms in total. The van der Waals surface area contributed by atoms with Crippen molar-refractivity contribution in [3.05, 3.63) is 85.1 Å². The van der Waals surface area contributed by atoms with Crippen LogP contribution >= 0.6 is 0 Å². The van der Waals surface area contributed by atoms with Gasteiger partial charge in [-0.05, 0) is 83.5 Å². The molecule has 0 radical (unpaired) electrons. The van der Waals surface area contributed by atoms with Crippen LogP contribution in [0.5, 0.6) is 0 Å². The van der Waals surface area contributed by atoms with Crippen molar-refractivity contribution in [3.8, 4) is 0 Å². The maximum Gasteiger partial charge on any atom is 0.306 e. The lowest BCUT2D eigenvalue weighted by atomic mass is 9.98. The van der Waals surface area contributed by atoms with E-state index in [0.29, 0.717) is 13.0 Å². The maximum atomic E-state index is 13.0. The number of carbonyl (C=O) groups is 1. The van der Waals surface area contributed by atoms with E-state index in [-0.39, 0.29) is 19.6 Å². The van der Waals surface area contributed by atoms with Gasteiger partial charge in [-0.25, -0.2) is 0 Å². The molecule has 0 aliphatic carbocycles. The summed E-state index contributed by atoms with van der Waals surface area (Å²) in [6.07, 6.45) is 39.4. The molecule has 2 fully saturated rings. The topological polar surface area (TPSA) is 214 Å². The van der Waals surface area contributed by atoms with Crippen LogP contribution in [0.4, 0.5) is 0 Å². The zero-order valence-electron chi connectivity index (χ0n) is 43.4. The number of hydrogen-bond acceptors (Lipinski definition) is 14. The average molecular weight is 1010 g/mol. The molecule has 71 heavy (non-hydrogen) atoms. The van der Waals surface area contributed by atoms with Crippen molar-refractivity contribution >= 4 is 5.97 Å². The second kappa shape index (κ2) is 43.6. The fraction of sp³-hybridized carbons (Fsp3) is 0.737. The smallest absolute Gasteiger partial charge is 0.306 e. The third kappa shape index (κ3) is 30.8. The van der Waals surface area contributed by atoms with Crippen LogP contribution in [-0.2, 0) is 33.2 Å². The summed E-state index contributed by atoms with van der Waals surface area (Å²) in [7, 11) is 0. The Kier molecular flexibility index (Phi) is 39.4. The molecule has 14 heteroatoms. The van der Waals surface area contributed by atoms with Crippen LogP contribution < -0.4 is 0 Å². The lowest BCUT2D eigenvalue weighted by Crippen LogP contribution is -2.61. The van der Waals surface area contributed by atoms with Crippen molar-refractivity contribution < 1.29 is 69.0 Å². The number of allylic oxidation sites excluding steroid dienone is 14. The predicted octanol–water partition coefficient (Wildman–Crippen LogP) is 8.85. The Bertz CT molecular complexity index is 1490. The zero-order valence-corrected chi connectivity index (χ0v) is 43.4. The summed E-state index contributed by atoms with van der Waals surface area (Å²) in [5, 5.41) is 72.2. The SMILES string of the molecule is CC/C=C\C/C=C\C/C=C\C/C=C\CCCOCC(COC1OC(COC2OC(CO)C(O)C(O)C2O)C(O)C(O)C1O)OC(=O)CCCCCCCCCC/C=C\C/C=C\C/C=C\CCCCCCC. The quantitative estimate of drug-likeness (QED) is 0.0173. The molecule has 0 saturated carbocycles. The van der Waals surface area contributed by atoms with Crippen molar-refractivity contribution in [1.82, 2.24) is 0 Å². The van der Waals surface area contributed by atoms with Crippen molar-refractivity contribution in [1.29, 1.82) is 0 Å². The summed E-state index contributed by atoms with van der Waals surface area (Å²) in [4.78, 5) is 13.0. The Labute approximate surface area is 427 Å². The Morgan fingerprint density at radius 1 is 0.479 bits per heavy atom. The number of unbranched alkanes of at least 4 members (excludes halogenated alkanes) is 14. The van der Waals surface area contributed by atoms with Crippen molar-refractivity contribution in [3.63, 3.8) is 0 Å². The van der Waals surface area contributed by atoms with Gasteiger partial charge < -0.3 is 64.2 Å². The molecule has 2 aliphatic rings. The maximum absolute atomic E-state index is 13.0. The molecule has 0 spiro atoms. The molecule has 11 unspecified atom stereocenters. The van der Waals surface area contributed by atoms with Crippen LogP contribution in [0.25, 0.3) is 0 Å². The van der Waals surface area contributed by atoms with E-state index >= 15 is 0 Å². The minimum atomic E-state index is -1.72. The monoisotopic (exact) mass is 1000 g/mol. The lowest BCUT2D eigenvalue weighted by Gasteiger charge is -2.42. The highest BCUT2D eigenvalue weighted by Crippen LogP contribution is 2.26. The standard InChI is InChI=1S/C57H96O14/c1-3-5-7-9-11-13-15-17-19-20-21-22-23-24-25-26-27-28-30-32-34-36-38-40-49(59)69-46(43-66-41-39-37-35-33-31-29-18-16-14-12-10-8-6-4-2)44-67-56-55(65)53(63)51(61)48(71-56)45-68-57-54(64)52(62)50(60)47(42-58)70-57/h6,8,12,14-15,17-18,20-21,23-24,29,33,35,46-48,50-58,60-65H,3-5,7,9-11,13,16,19,22,25-28,30-32,34,36-45H2,1-2H3/b8-6-,14-12-,17-15-,21-20-,24-23-,29-18-,35-33-. The third-order valence-electron chi connectivity index (χ3n) is 12.4. The largest absolute Gasteiger partial charge is 0.457 e. The van der Waals surface area contributed by atoms with Gasteiger partial charge in [0.15, 0.2) is 12.6 Å². The van der Waals surface area contributed by atoms with Gasteiger partial charge in [0, 0.05) is 13.0 Å². The first-order chi connectivity index (χ1) is 34.6. The number of aliphatic hydroxyl groups is 7. The Morgan fingerprint density at radius 2 is 0.915 bits per heavy atom. The molecule has 0 bridgehead atoms. The molecule has 0 amide bonds. The molecule has 0 aromatic carbocycles. The first-order valence-corrected chi connectivity index (χ1v) is 27.2. The van der Waals surface area contributed by atoms with Gasteiger partial charge in [0.05, 0.1) is 26.4 Å². The molecule has 0 aromatic rings. The number of carbonyl (C=O) groups excluding carboxylic acids is 1. The van der Waals surface area contributed by atoms with E-state index in [2.05, 4.69) is 98.9 Å². The summed E-state index contributed by atoms with van der Waals surface area (Å²) < 4.78 is 34.2. The van der Waals surface area contributed by atoms with E-state index < -0.39 is 86.7 Å². The minimum Gasteiger partial charge on any atom is -0.457 e. The molecule has 2 heterocycles. The van der Waals surface area contributed by atoms with Gasteiger partial charge in [-0.3, -0.25) is 4.79 Å². The molecule has 408 valence electrons. The summed E-state index contributed by atoms with van der Waals surface area (Å²) >= 11 is 0. The Hall–Kier alpha value is -2.83. The fourth-order valence-electron chi connectivity index (χ4n) is 8.00. The van der Waals surface area contributed by atoms with Gasteiger partial charge in [-0.2, -0.15) is 0 Å². The second-order valence-electron chi connectivity index (χ2n) is 18.7. The Balaban J connectivity index is 1.75. The molecule has 0 aromatic heterocycles. The highest BCUT2D eigenvalue weighted by Gasteiger charge is 2.47. The normalized spacial score (nSPS) is 26.0. The van der Waals surface area contributed by atoms with Gasteiger partial charge in [-0.15, -0.1) is 0 Å². The van der Waals surface area contributed by atoms with Crippen molar-refractivity contribution in [2.24, 2.45) is 0 Å². The molecular weight excluding hydrogens is 909 g/mol. The van der Waals surface area contributed by atoms with Crippen LogP contribution in [0.3, 0.4) is 0 Å². The van der Waals surface area contributed by atoms with Crippen LogP contribution in [0.2, 0.25) is 0 Å². The van der Waals surface area contributed by atoms with E-state index in [1.54, 1.807) is 0 Å². The first kappa shape index (κ1) is 64.3. The van der Waals surface area contributed by atoms with Gasteiger partial charge in [0.25, 0.3) is 0 Å². The number of rotatable bonds is 42. The van der Waals surface area contributed by atoms with Gasteiger partial charge in [0.2, 0.25) is 0 Å². The van der Waals surface area contributed by atoms with Gasteiger partial charge >= 0.3 is 5.97 Å². The molecule has 2 saturated heterocycles. The number of hydrogen-bond donors (Lipinski definition) is 7. The van der Waals surface area contributed by atoms with E-state index in [0.717, 1.165) is 77.0 Å². The first-order valence-electron chi connectivity index (χ1n) is 27.2. The van der Waals surface area contributed by atoms with E-state index in [1.807, 2.05) is 0 Å². The molecule has 2 rings (SSSR count). The zero-order chi connectivity index (χ0) is 51.6. The van der Waals surface area contributed by atoms with E-state index in [1.165, 1.54) is 64.2 Å². The fourth-order valence-corrected chi connectivity index (χ4v) is 8.00. The van der Waals surface area contributed by atoms with E-state index in [9.17, 15) is 40.5 Å². The number of ether oxygens (including phenoxy) is 6. The Morgan fingerprint density at radius 3 is 1.44 bits per heavy atom. The van der Waals surface area contributed by atoms with Gasteiger partial charge in [-0.1, -0.05) is 163 Å². The molecule has 7 N–H and O–H groups in total. The molecule has 2 aliphatic heterocycles. The summed E-state index contributed by atoms with van der Waals surface area (Å²) in [6.45, 7) is 3.38. The lowest BCUT2D eigenvalue weighted by molar-refractivity contribution is -0.332. The summed E-state index contributed by atoms with van der Waals surface area (Å²) in [5.74, 6) is -0.405. The third-order valence-corrected chi connectivity index (χ3v) is 12.4. The average Bonchev–Trinajstić information content (AvgIpc) is 3.37. The number of aliphatic hydroxyl groups excluding tert-OH is 7. The predicted molar refractivity (Wildman–Crippen MR) is 279 cm³/mol. The highest BCUT2D eigenvalue weighted by atomic mass is 16.7. The molecule has 11 atom stereocenters. The molecular formula is C57H96O14. The highest BCUT2D eigenvalue weighted by molar-refractivity contribution is 5.69.